The van der Waals surface area contributed by atoms with Gasteiger partial charge in [0.15, 0.2) is 11.6 Å². The molecule has 94 valence electrons. The quantitative estimate of drug-likeness (QED) is 0.609. The van der Waals surface area contributed by atoms with Crippen molar-refractivity contribution in [3.63, 3.8) is 0 Å². The molecule has 0 saturated carbocycles. The van der Waals surface area contributed by atoms with Crippen molar-refractivity contribution in [3.8, 4) is 5.75 Å². The molecule has 1 saturated heterocycles. The number of aliphatic hydroxyl groups excluding tert-OH is 2. The highest BCUT2D eigenvalue weighted by Gasteiger charge is 2.34. The van der Waals surface area contributed by atoms with Crippen molar-refractivity contribution < 1.29 is 24.1 Å². The Morgan fingerprint density at radius 1 is 1.29 bits per heavy atom. The third kappa shape index (κ3) is 2.24. The van der Waals surface area contributed by atoms with Gasteiger partial charge in [-0.05, 0) is 12.5 Å². The zero-order chi connectivity index (χ0) is 12.6. The highest BCUT2D eigenvalue weighted by molar-refractivity contribution is 5.37. The van der Waals surface area contributed by atoms with E-state index in [2.05, 4.69) is 5.32 Å². The van der Waals surface area contributed by atoms with Gasteiger partial charge in [0.05, 0.1) is 18.8 Å². The Kier molecular flexibility index (Phi) is 3.28. The second kappa shape index (κ2) is 4.56. The van der Waals surface area contributed by atoms with E-state index < -0.39 is 29.8 Å². The fourth-order valence-corrected chi connectivity index (χ4v) is 2.07. The Bertz CT molecular complexity index is 427. The molecule has 0 aromatic heterocycles. The van der Waals surface area contributed by atoms with Gasteiger partial charge in [0, 0.05) is 17.7 Å². The third-order valence-corrected chi connectivity index (χ3v) is 3.00. The molecule has 3 unspecified atom stereocenters. The normalized spacial score (nSPS) is 28.6. The third-order valence-electron chi connectivity index (χ3n) is 3.00. The van der Waals surface area contributed by atoms with Crippen LogP contribution in [-0.2, 0) is 0 Å². The van der Waals surface area contributed by atoms with Gasteiger partial charge in [-0.1, -0.05) is 0 Å². The largest absolute Gasteiger partial charge is 0.507 e. The summed E-state index contributed by atoms with van der Waals surface area (Å²) in [6, 6.07) is 0.574. The van der Waals surface area contributed by atoms with E-state index in [1.165, 1.54) is 0 Å². The Labute approximate surface area is 96.5 Å². The Morgan fingerprint density at radius 3 is 2.53 bits per heavy atom. The van der Waals surface area contributed by atoms with Gasteiger partial charge in [0.1, 0.15) is 5.75 Å². The predicted molar refractivity (Wildman–Crippen MR) is 55.4 cm³/mol. The first kappa shape index (κ1) is 12.2. The molecule has 17 heavy (non-hydrogen) atoms. The van der Waals surface area contributed by atoms with E-state index in [1.807, 2.05) is 0 Å². The Hall–Kier alpha value is -1.24. The van der Waals surface area contributed by atoms with Crippen LogP contribution in [0.15, 0.2) is 12.1 Å². The van der Waals surface area contributed by atoms with Gasteiger partial charge in [0.2, 0.25) is 0 Å². The highest BCUT2D eigenvalue weighted by Crippen LogP contribution is 2.33. The predicted octanol–water partition coefficient (Wildman–Crippen LogP) is 0.427. The summed E-state index contributed by atoms with van der Waals surface area (Å²) in [5.74, 6) is -2.54. The lowest BCUT2D eigenvalue weighted by molar-refractivity contribution is 0.121. The first-order valence-corrected chi connectivity index (χ1v) is 5.25. The number of phenolic OH excluding ortho intramolecular Hbond substituents is 1. The lowest BCUT2D eigenvalue weighted by Crippen LogP contribution is -2.34. The molecule has 1 aromatic rings. The second-order valence-electron chi connectivity index (χ2n) is 4.14. The van der Waals surface area contributed by atoms with Crippen LogP contribution in [0.5, 0.6) is 5.75 Å². The molecule has 1 fully saturated rings. The van der Waals surface area contributed by atoms with Gasteiger partial charge >= 0.3 is 0 Å². The van der Waals surface area contributed by atoms with Crippen LogP contribution in [-0.4, -0.2) is 34.1 Å². The molecule has 6 heteroatoms. The number of aliphatic hydroxyl groups is 2. The Morgan fingerprint density at radius 2 is 1.94 bits per heavy atom. The molecular formula is C11H13F2NO3. The van der Waals surface area contributed by atoms with Crippen molar-refractivity contribution in [3.05, 3.63) is 29.3 Å². The molecule has 0 amide bonds. The van der Waals surface area contributed by atoms with Crippen LogP contribution in [0, 0.1) is 11.6 Å². The van der Waals surface area contributed by atoms with Crippen LogP contribution < -0.4 is 5.32 Å². The van der Waals surface area contributed by atoms with Gasteiger partial charge in [-0.2, -0.15) is 0 Å². The smallest absolute Gasteiger partial charge is 0.162 e. The second-order valence-corrected chi connectivity index (χ2v) is 4.14. The molecule has 2 rings (SSSR count). The fourth-order valence-electron chi connectivity index (χ4n) is 2.07. The van der Waals surface area contributed by atoms with E-state index in [1.54, 1.807) is 0 Å². The molecule has 1 aliphatic rings. The lowest BCUT2D eigenvalue weighted by Gasteiger charge is -2.14. The minimum absolute atomic E-state index is 0.180. The van der Waals surface area contributed by atoms with Gasteiger partial charge < -0.3 is 20.6 Å². The molecule has 1 aliphatic heterocycles. The summed E-state index contributed by atoms with van der Waals surface area (Å²) in [5.41, 5.74) is 0.180. The standard InChI is InChI=1S/C11H13F2NO3/c12-6-1-5(10(16)2-7(6)13)8-3-11(17)9(4-15)14-8/h1-2,8-9,11,14-17H,3-4H2. The molecule has 0 bridgehead atoms. The SMILES string of the molecule is OCC1NC(c2cc(F)c(F)cc2O)CC1O. The number of nitrogens with one attached hydrogen (secondary N) is 1. The van der Waals surface area contributed by atoms with Crippen LogP contribution in [0.4, 0.5) is 8.78 Å². The van der Waals surface area contributed by atoms with Gasteiger partial charge in [-0.3, -0.25) is 0 Å². The molecule has 0 spiro atoms. The number of benzene rings is 1. The molecule has 3 atom stereocenters. The monoisotopic (exact) mass is 245 g/mol. The summed E-state index contributed by atoms with van der Waals surface area (Å²) in [7, 11) is 0. The Balaban J connectivity index is 2.27. The van der Waals surface area contributed by atoms with Crippen LogP contribution in [0.25, 0.3) is 0 Å². The van der Waals surface area contributed by atoms with Gasteiger partial charge in [0.25, 0.3) is 0 Å². The van der Waals surface area contributed by atoms with E-state index in [-0.39, 0.29) is 24.3 Å². The van der Waals surface area contributed by atoms with E-state index in [9.17, 15) is 19.0 Å². The minimum Gasteiger partial charge on any atom is -0.507 e. The molecular weight excluding hydrogens is 232 g/mol. The average Bonchev–Trinajstić information content (AvgIpc) is 2.65. The molecule has 4 nitrogen and oxygen atoms in total. The lowest BCUT2D eigenvalue weighted by atomic mass is 10.0. The van der Waals surface area contributed by atoms with Crippen LogP contribution in [0.3, 0.4) is 0 Å². The topological polar surface area (TPSA) is 72.7 Å². The molecule has 0 radical (unpaired) electrons. The fraction of sp³-hybridized carbons (Fsp3) is 0.455. The number of rotatable bonds is 2. The van der Waals surface area contributed by atoms with Gasteiger partial charge in [-0.25, -0.2) is 8.78 Å². The number of hydrogen-bond acceptors (Lipinski definition) is 4. The molecule has 1 aromatic carbocycles. The summed E-state index contributed by atoms with van der Waals surface area (Å²) in [4.78, 5) is 0. The number of aromatic hydroxyl groups is 1. The maximum atomic E-state index is 13.1. The average molecular weight is 245 g/mol. The first-order chi connectivity index (χ1) is 8.02. The van der Waals surface area contributed by atoms with Crippen molar-refractivity contribution >= 4 is 0 Å². The van der Waals surface area contributed by atoms with Gasteiger partial charge in [-0.15, -0.1) is 0 Å². The number of halogens is 2. The first-order valence-electron chi connectivity index (χ1n) is 5.25. The molecule has 1 heterocycles. The summed E-state index contributed by atoms with van der Waals surface area (Å²) >= 11 is 0. The zero-order valence-electron chi connectivity index (χ0n) is 8.90. The molecule has 0 aliphatic carbocycles. The van der Waals surface area contributed by atoms with E-state index in [0.29, 0.717) is 6.07 Å². The van der Waals surface area contributed by atoms with E-state index in [0.717, 1.165) is 6.07 Å². The van der Waals surface area contributed by atoms with E-state index >= 15 is 0 Å². The maximum absolute atomic E-state index is 13.1. The van der Waals surface area contributed by atoms with E-state index in [4.69, 9.17) is 5.11 Å². The number of phenols is 1. The van der Waals surface area contributed by atoms with Crippen molar-refractivity contribution in [2.45, 2.75) is 24.6 Å². The molecule has 4 N–H and O–H groups in total. The van der Waals surface area contributed by atoms with Crippen molar-refractivity contribution in [2.24, 2.45) is 0 Å². The maximum Gasteiger partial charge on any atom is 0.162 e. The highest BCUT2D eigenvalue weighted by atomic mass is 19.2. The van der Waals surface area contributed by atoms with Crippen LogP contribution >= 0.6 is 0 Å². The van der Waals surface area contributed by atoms with Crippen LogP contribution in [0.1, 0.15) is 18.0 Å². The van der Waals surface area contributed by atoms with Crippen molar-refractivity contribution in [2.75, 3.05) is 6.61 Å². The summed E-state index contributed by atoms with van der Waals surface area (Å²) in [6.07, 6.45) is -0.554. The summed E-state index contributed by atoms with van der Waals surface area (Å²) in [5, 5.41) is 30.9. The zero-order valence-corrected chi connectivity index (χ0v) is 8.90. The number of hydrogen-bond donors (Lipinski definition) is 4. The van der Waals surface area contributed by atoms with Crippen molar-refractivity contribution in [1.82, 2.24) is 5.32 Å². The minimum atomic E-state index is -1.12. The van der Waals surface area contributed by atoms with Crippen LogP contribution in [0.2, 0.25) is 0 Å². The summed E-state index contributed by atoms with van der Waals surface area (Å²) < 4.78 is 25.9. The van der Waals surface area contributed by atoms with Crippen molar-refractivity contribution in [1.29, 1.82) is 0 Å². The summed E-state index contributed by atoms with van der Waals surface area (Å²) in [6.45, 7) is -0.262.